The summed E-state index contributed by atoms with van der Waals surface area (Å²) in [6, 6.07) is 7.78. The minimum atomic E-state index is -0.432. The SMILES string of the molecule is COC(=O)/C=C/CCNC(=O)c1nn(-c2ccc(C)cc2)cc1CCO. The Hall–Kier alpha value is -2.93. The zero-order chi connectivity index (χ0) is 18.9. The fourth-order valence-corrected chi connectivity index (χ4v) is 2.33. The lowest BCUT2D eigenvalue weighted by Crippen LogP contribution is -2.26. The molecule has 7 nitrogen and oxygen atoms in total. The van der Waals surface area contributed by atoms with E-state index in [0.717, 1.165) is 11.3 Å². The summed E-state index contributed by atoms with van der Waals surface area (Å²) in [6.07, 6.45) is 5.54. The van der Waals surface area contributed by atoms with Crippen molar-refractivity contribution in [2.75, 3.05) is 20.3 Å². The van der Waals surface area contributed by atoms with Gasteiger partial charge in [0.1, 0.15) is 0 Å². The lowest BCUT2D eigenvalue weighted by molar-refractivity contribution is -0.134. The fourth-order valence-electron chi connectivity index (χ4n) is 2.33. The highest BCUT2D eigenvalue weighted by molar-refractivity contribution is 5.93. The first-order valence-electron chi connectivity index (χ1n) is 8.34. The van der Waals surface area contributed by atoms with Crippen molar-refractivity contribution in [3.05, 3.63) is 59.4 Å². The molecule has 26 heavy (non-hydrogen) atoms. The molecule has 0 saturated carbocycles. The molecule has 0 aliphatic heterocycles. The maximum absolute atomic E-state index is 12.4. The molecule has 2 aromatic rings. The van der Waals surface area contributed by atoms with Crippen molar-refractivity contribution in [3.63, 3.8) is 0 Å². The Morgan fingerprint density at radius 1 is 1.31 bits per heavy atom. The Bertz CT molecular complexity index is 779. The van der Waals surface area contributed by atoms with Crippen LogP contribution in [0.1, 0.15) is 28.0 Å². The van der Waals surface area contributed by atoms with Crippen molar-refractivity contribution in [2.24, 2.45) is 0 Å². The number of aromatic nitrogens is 2. The van der Waals surface area contributed by atoms with Gasteiger partial charge in [0.25, 0.3) is 5.91 Å². The molecule has 138 valence electrons. The summed E-state index contributed by atoms with van der Waals surface area (Å²) in [6.45, 7) is 2.29. The van der Waals surface area contributed by atoms with E-state index in [1.54, 1.807) is 17.0 Å². The summed E-state index contributed by atoms with van der Waals surface area (Å²) >= 11 is 0. The molecule has 0 aliphatic carbocycles. The van der Waals surface area contributed by atoms with Gasteiger partial charge in [-0.05, 0) is 31.9 Å². The van der Waals surface area contributed by atoms with Crippen LogP contribution in [0.3, 0.4) is 0 Å². The molecule has 0 atom stereocenters. The van der Waals surface area contributed by atoms with Crippen LogP contribution in [-0.4, -0.2) is 47.0 Å². The molecule has 1 aromatic carbocycles. The number of methoxy groups -OCH3 is 1. The van der Waals surface area contributed by atoms with E-state index >= 15 is 0 Å². The van der Waals surface area contributed by atoms with Crippen LogP contribution in [0.4, 0.5) is 0 Å². The van der Waals surface area contributed by atoms with E-state index in [0.29, 0.717) is 24.9 Å². The minimum absolute atomic E-state index is 0.0677. The van der Waals surface area contributed by atoms with E-state index in [4.69, 9.17) is 0 Å². The van der Waals surface area contributed by atoms with Gasteiger partial charge in [-0.2, -0.15) is 5.10 Å². The predicted octanol–water partition coefficient (Wildman–Crippen LogP) is 1.56. The standard InChI is InChI=1S/C19H23N3O4/c1-14-6-8-16(9-7-14)22-13-15(10-12-23)18(21-22)19(25)20-11-4-3-5-17(24)26-2/h3,5-9,13,23H,4,10-12H2,1-2H3,(H,20,25)/b5-3+. The second kappa shape index (κ2) is 9.53. The number of nitrogens with zero attached hydrogens (tertiary/aromatic N) is 2. The Morgan fingerprint density at radius 2 is 2.04 bits per heavy atom. The molecular formula is C19H23N3O4. The largest absolute Gasteiger partial charge is 0.466 e. The number of ether oxygens (including phenoxy) is 1. The van der Waals surface area contributed by atoms with Crippen LogP contribution in [0.2, 0.25) is 0 Å². The Labute approximate surface area is 152 Å². The molecule has 0 fully saturated rings. The molecule has 0 radical (unpaired) electrons. The minimum Gasteiger partial charge on any atom is -0.466 e. The van der Waals surface area contributed by atoms with E-state index < -0.39 is 5.97 Å². The molecule has 1 aromatic heterocycles. The van der Waals surface area contributed by atoms with Gasteiger partial charge >= 0.3 is 5.97 Å². The van der Waals surface area contributed by atoms with E-state index in [9.17, 15) is 14.7 Å². The number of hydrogen-bond donors (Lipinski definition) is 2. The highest BCUT2D eigenvalue weighted by atomic mass is 16.5. The molecule has 0 spiro atoms. The first kappa shape index (κ1) is 19.4. The molecular weight excluding hydrogens is 334 g/mol. The van der Waals surface area contributed by atoms with Crippen LogP contribution in [0, 0.1) is 6.92 Å². The van der Waals surface area contributed by atoms with Crippen LogP contribution in [0.15, 0.2) is 42.6 Å². The second-order valence-corrected chi connectivity index (χ2v) is 5.73. The summed E-state index contributed by atoms with van der Waals surface area (Å²) in [7, 11) is 1.31. The smallest absolute Gasteiger partial charge is 0.330 e. The van der Waals surface area contributed by atoms with Gasteiger partial charge < -0.3 is 15.2 Å². The van der Waals surface area contributed by atoms with E-state index in [1.807, 2.05) is 31.2 Å². The highest BCUT2D eigenvalue weighted by Gasteiger charge is 2.16. The molecule has 0 unspecified atom stereocenters. The van der Waals surface area contributed by atoms with Crippen LogP contribution in [-0.2, 0) is 16.0 Å². The number of amides is 1. The molecule has 0 aliphatic rings. The Kier molecular flexibility index (Phi) is 7.11. The number of benzene rings is 1. The average Bonchev–Trinajstić information content (AvgIpc) is 3.06. The molecule has 2 N–H and O–H groups in total. The molecule has 1 amide bonds. The molecule has 1 heterocycles. The number of aliphatic hydroxyl groups excluding tert-OH is 1. The monoisotopic (exact) mass is 357 g/mol. The lowest BCUT2D eigenvalue weighted by atomic mass is 10.2. The average molecular weight is 357 g/mol. The van der Waals surface area contributed by atoms with Crippen LogP contribution in [0.5, 0.6) is 0 Å². The number of hydrogen-bond acceptors (Lipinski definition) is 5. The Balaban J connectivity index is 2.06. The van der Waals surface area contributed by atoms with Gasteiger partial charge in [-0.3, -0.25) is 4.79 Å². The van der Waals surface area contributed by atoms with Crippen molar-refractivity contribution in [1.82, 2.24) is 15.1 Å². The third-order valence-electron chi connectivity index (χ3n) is 3.74. The summed E-state index contributed by atoms with van der Waals surface area (Å²) in [5.41, 5.74) is 2.94. The number of esters is 1. The lowest BCUT2D eigenvalue weighted by Gasteiger charge is -2.03. The molecule has 7 heteroatoms. The van der Waals surface area contributed by atoms with Gasteiger partial charge in [0.05, 0.1) is 12.8 Å². The quantitative estimate of drug-likeness (QED) is 0.425. The van der Waals surface area contributed by atoms with Gasteiger partial charge in [-0.15, -0.1) is 0 Å². The van der Waals surface area contributed by atoms with E-state index in [1.165, 1.54) is 13.2 Å². The first-order chi connectivity index (χ1) is 12.5. The van der Waals surface area contributed by atoms with Crippen molar-refractivity contribution < 1.29 is 19.4 Å². The predicted molar refractivity (Wildman–Crippen MR) is 97.2 cm³/mol. The third-order valence-corrected chi connectivity index (χ3v) is 3.74. The van der Waals surface area contributed by atoms with Gasteiger partial charge in [-0.1, -0.05) is 23.8 Å². The van der Waals surface area contributed by atoms with Crippen molar-refractivity contribution in [2.45, 2.75) is 19.8 Å². The molecule has 0 saturated heterocycles. The summed E-state index contributed by atoms with van der Waals surface area (Å²) < 4.78 is 6.13. The summed E-state index contributed by atoms with van der Waals surface area (Å²) in [5, 5.41) is 16.4. The number of nitrogens with one attached hydrogen (secondary N) is 1. The summed E-state index contributed by atoms with van der Waals surface area (Å²) in [5.74, 6) is -0.746. The third kappa shape index (κ3) is 5.29. The topological polar surface area (TPSA) is 93.5 Å². The molecule has 2 rings (SSSR count). The maximum Gasteiger partial charge on any atom is 0.330 e. The first-order valence-corrected chi connectivity index (χ1v) is 8.34. The van der Waals surface area contributed by atoms with Crippen LogP contribution >= 0.6 is 0 Å². The normalized spacial score (nSPS) is 10.9. The van der Waals surface area contributed by atoms with Crippen LogP contribution in [0.25, 0.3) is 5.69 Å². The van der Waals surface area contributed by atoms with E-state index in [-0.39, 0.29) is 18.2 Å². The van der Waals surface area contributed by atoms with Crippen molar-refractivity contribution in [1.29, 1.82) is 0 Å². The van der Waals surface area contributed by atoms with E-state index in [2.05, 4.69) is 15.2 Å². The molecule has 0 bridgehead atoms. The number of rotatable bonds is 8. The zero-order valence-corrected chi connectivity index (χ0v) is 14.9. The fraction of sp³-hybridized carbons (Fsp3) is 0.316. The van der Waals surface area contributed by atoms with Gasteiger partial charge in [0.15, 0.2) is 5.69 Å². The highest BCUT2D eigenvalue weighted by Crippen LogP contribution is 2.14. The second-order valence-electron chi connectivity index (χ2n) is 5.73. The van der Waals surface area contributed by atoms with Gasteiger partial charge in [-0.25, -0.2) is 9.48 Å². The summed E-state index contributed by atoms with van der Waals surface area (Å²) in [4.78, 5) is 23.4. The zero-order valence-electron chi connectivity index (χ0n) is 14.9. The Morgan fingerprint density at radius 3 is 2.69 bits per heavy atom. The van der Waals surface area contributed by atoms with Gasteiger partial charge in [0, 0.05) is 31.0 Å². The maximum atomic E-state index is 12.4. The number of aryl methyl sites for hydroxylation is 1. The van der Waals surface area contributed by atoms with Crippen molar-refractivity contribution in [3.8, 4) is 5.69 Å². The number of carbonyl (C=O) groups is 2. The van der Waals surface area contributed by atoms with Crippen molar-refractivity contribution >= 4 is 11.9 Å². The van der Waals surface area contributed by atoms with Crippen LogP contribution < -0.4 is 5.32 Å². The van der Waals surface area contributed by atoms with Gasteiger partial charge in [0.2, 0.25) is 0 Å². The number of aliphatic hydroxyl groups is 1. The number of carbonyl (C=O) groups excluding carboxylic acids is 2.